The van der Waals surface area contributed by atoms with Crippen molar-refractivity contribution in [3.05, 3.63) is 81.3 Å². The van der Waals surface area contributed by atoms with Gasteiger partial charge >= 0.3 is 0 Å². The van der Waals surface area contributed by atoms with Gasteiger partial charge in [-0.15, -0.1) is 11.3 Å². The Morgan fingerprint density at radius 2 is 1.75 bits per heavy atom. The zero-order valence-corrected chi connectivity index (χ0v) is 16.5. The molecule has 0 N–H and O–H groups in total. The van der Waals surface area contributed by atoms with Gasteiger partial charge < -0.3 is 14.4 Å². The van der Waals surface area contributed by atoms with Crippen molar-refractivity contribution < 1.29 is 18.7 Å². The van der Waals surface area contributed by atoms with Crippen molar-refractivity contribution >= 4 is 17.2 Å². The van der Waals surface area contributed by atoms with Gasteiger partial charge in [0.15, 0.2) is 0 Å². The number of carbonyl (C=O) groups is 1. The van der Waals surface area contributed by atoms with Gasteiger partial charge in [-0.05, 0) is 53.3 Å². The molecule has 4 rings (SSSR count). The van der Waals surface area contributed by atoms with Crippen LogP contribution < -0.4 is 9.47 Å². The lowest BCUT2D eigenvalue weighted by Crippen LogP contribution is -2.40. The maximum Gasteiger partial charge on any atom is 0.254 e. The van der Waals surface area contributed by atoms with Crippen molar-refractivity contribution in [2.45, 2.75) is 12.5 Å². The summed E-state index contributed by atoms with van der Waals surface area (Å²) in [6.07, 6.45) is 0.803. The van der Waals surface area contributed by atoms with Crippen LogP contribution in [0.3, 0.4) is 0 Å². The van der Waals surface area contributed by atoms with Crippen LogP contribution in [0, 0.1) is 5.82 Å². The largest absolute Gasteiger partial charge is 0.497 e. The zero-order valence-electron chi connectivity index (χ0n) is 15.6. The predicted octanol–water partition coefficient (Wildman–Crippen LogP) is 4.69. The van der Waals surface area contributed by atoms with Crippen LogP contribution in [0.4, 0.5) is 4.39 Å². The van der Waals surface area contributed by atoms with Gasteiger partial charge in [-0.25, -0.2) is 4.39 Å². The summed E-state index contributed by atoms with van der Waals surface area (Å²) in [5.41, 5.74) is 2.50. The highest BCUT2D eigenvalue weighted by molar-refractivity contribution is 7.10. The lowest BCUT2D eigenvalue weighted by Gasteiger charge is -2.36. The van der Waals surface area contributed by atoms with Crippen LogP contribution >= 0.6 is 11.3 Å². The van der Waals surface area contributed by atoms with Crippen LogP contribution in [0.5, 0.6) is 11.5 Å². The van der Waals surface area contributed by atoms with Gasteiger partial charge in [0.25, 0.3) is 5.91 Å². The quantitative estimate of drug-likeness (QED) is 0.641. The highest BCUT2D eigenvalue weighted by Gasteiger charge is 2.33. The third-order valence-electron chi connectivity index (χ3n) is 5.01. The van der Waals surface area contributed by atoms with Crippen molar-refractivity contribution in [2.75, 3.05) is 20.8 Å². The Kier molecular flexibility index (Phi) is 5.05. The fraction of sp³-hybridized carbons (Fsp3) is 0.227. The number of amides is 1. The first-order valence-electron chi connectivity index (χ1n) is 8.96. The molecule has 2 heterocycles. The van der Waals surface area contributed by atoms with E-state index in [1.165, 1.54) is 17.0 Å². The minimum Gasteiger partial charge on any atom is -0.497 e. The summed E-state index contributed by atoms with van der Waals surface area (Å²) in [4.78, 5) is 16.6. The molecule has 0 unspecified atom stereocenters. The predicted molar refractivity (Wildman–Crippen MR) is 107 cm³/mol. The summed E-state index contributed by atoms with van der Waals surface area (Å²) in [7, 11) is 3.12. The number of ether oxygens (including phenoxy) is 2. The highest BCUT2D eigenvalue weighted by atomic mass is 32.1. The number of hydrogen-bond donors (Lipinski definition) is 0. The van der Waals surface area contributed by atoms with E-state index in [-0.39, 0.29) is 17.8 Å². The number of methoxy groups -OCH3 is 2. The van der Waals surface area contributed by atoms with E-state index in [1.807, 2.05) is 10.3 Å². The second-order valence-electron chi connectivity index (χ2n) is 6.60. The van der Waals surface area contributed by atoms with Gasteiger partial charge in [-0.1, -0.05) is 12.1 Å². The van der Waals surface area contributed by atoms with Crippen molar-refractivity contribution in [1.82, 2.24) is 4.90 Å². The average molecular weight is 397 g/mol. The van der Waals surface area contributed by atoms with Crippen LogP contribution in [0.15, 0.2) is 53.9 Å². The molecule has 3 aromatic rings. The molecule has 0 aliphatic carbocycles. The molecule has 0 saturated carbocycles. The molecule has 4 nitrogen and oxygen atoms in total. The first-order chi connectivity index (χ1) is 13.6. The highest BCUT2D eigenvalue weighted by Crippen LogP contribution is 2.39. The molecule has 6 heteroatoms. The molecule has 1 amide bonds. The van der Waals surface area contributed by atoms with Crippen LogP contribution in [0.25, 0.3) is 0 Å². The third kappa shape index (κ3) is 3.36. The molecule has 2 aromatic carbocycles. The Labute approximate surface area is 167 Å². The van der Waals surface area contributed by atoms with Gasteiger partial charge in [-0.3, -0.25) is 4.79 Å². The van der Waals surface area contributed by atoms with Gasteiger partial charge in [0.2, 0.25) is 0 Å². The number of thiophene rings is 1. The van der Waals surface area contributed by atoms with E-state index >= 15 is 0 Å². The molecule has 0 spiro atoms. The lowest BCUT2D eigenvalue weighted by molar-refractivity contribution is 0.0695. The molecule has 1 aliphatic heterocycles. The van der Waals surface area contributed by atoms with Crippen LogP contribution in [0.2, 0.25) is 0 Å². The Bertz CT molecular complexity index is 977. The molecule has 144 valence electrons. The number of nitrogens with zero attached hydrogens (tertiary/aromatic N) is 1. The van der Waals surface area contributed by atoms with E-state index in [4.69, 9.17) is 9.47 Å². The Balaban J connectivity index is 1.77. The minimum absolute atomic E-state index is 0.108. The van der Waals surface area contributed by atoms with Crippen LogP contribution in [0.1, 0.15) is 32.4 Å². The molecular weight excluding hydrogens is 377 g/mol. The smallest absolute Gasteiger partial charge is 0.254 e. The summed E-state index contributed by atoms with van der Waals surface area (Å²) in [5.74, 6) is 0.729. The van der Waals surface area contributed by atoms with Crippen molar-refractivity contribution in [2.24, 2.45) is 0 Å². The molecule has 1 atom stereocenters. The van der Waals surface area contributed by atoms with E-state index in [0.29, 0.717) is 23.6 Å². The second-order valence-corrected chi connectivity index (χ2v) is 7.60. The Morgan fingerprint density at radius 3 is 2.39 bits per heavy atom. The Morgan fingerprint density at radius 1 is 1.07 bits per heavy atom. The minimum atomic E-state index is -0.291. The van der Waals surface area contributed by atoms with Gasteiger partial charge in [0.05, 0.1) is 20.3 Å². The maximum atomic E-state index is 13.5. The number of fused-ring (bicyclic) bond motifs is 1. The summed E-state index contributed by atoms with van der Waals surface area (Å²) >= 11 is 1.70. The van der Waals surface area contributed by atoms with E-state index in [2.05, 4.69) is 6.07 Å². The topological polar surface area (TPSA) is 38.8 Å². The van der Waals surface area contributed by atoms with Crippen molar-refractivity contribution in [1.29, 1.82) is 0 Å². The van der Waals surface area contributed by atoms with Gasteiger partial charge in [0, 0.05) is 23.1 Å². The average Bonchev–Trinajstić information content (AvgIpc) is 3.21. The molecule has 0 fully saturated rings. The molecule has 0 saturated heterocycles. The molecular formula is C22H20FNO3S. The van der Waals surface area contributed by atoms with E-state index < -0.39 is 0 Å². The monoisotopic (exact) mass is 397 g/mol. The first kappa shape index (κ1) is 18.5. The lowest BCUT2D eigenvalue weighted by atomic mass is 9.92. The van der Waals surface area contributed by atoms with E-state index in [9.17, 15) is 9.18 Å². The number of hydrogen-bond acceptors (Lipinski definition) is 4. The molecule has 1 aliphatic rings. The number of carbonyl (C=O) groups excluding carboxylic acids is 1. The second kappa shape index (κ2) is 7.64. The van der Waals surface area contributed by atoms with Gasteiger partial charge in [0.1, 0.15) is 17.3 Å². The van der Waals surface area contributed by atoms with Crippen LogP contribution in [-0.2, 0) is 6.42 Å². The fourth-order valence-corrected chi connectivity index (χ4v) is 4.54. The maximum absolute atomic E-state index is 13.5. The summed E-state index contributed by atoms with van der Waals surface area (Å²) in [6, 6.07) is 13.4. The first-order valence-corrected chi connectivity index (χ1v) is 9.84. The van der Waals surface area contributed by atoms with Crippen LogP contribution in [-0.4, -0.2) is 31.6 Å². The van der Waals surface area contributed by atoms with E-state index in [0.717, 1.165) is 17.5 Å². The molecule has 0 radical (unpaired) electrons. The SMILES string of the molecule is COc1cc(OC)cc(C(=O)N2CCc3sccc3[C@@H]2c2ccc(F)cc2)c1. The summed E-state index contributed by atoms with van der Waals surface area (Å²) < 4.78 is 24.1. The third-order valence-corrected chi connectivity index (χ3v) is 6.01. The Hall–Kier alpha value is -2.86. The van der Waals surface area contributed by atoms with E-state index in [1.54, 1.807) is 55.9 Å². The number of benzene rings is 2. The number of halogens is 1. The van der Waals surface area contributed by atoms with Gasteiger partial charge in [-0.2, -0.15) is 0 Å². The summed E-state index contributed by atoms with van der Waals surface area (Å²) in [5, 5.41) is 2.05. The fourth-order valence-electron chi connectivity index (χ4n) is 3.64. The standard InChI is InChI=1S/C22H20FNO3S/c1-26-17-11-15(12-18(13-17)27-2)22(25)24-9-7-20-19(8-10-28-20)21(24)14-3-5-16(23)6-4-14/h3-6,8,10-13,21H,7,9H2,1-2H3/t21-/m0/s1. The zero-order chi connectivity index (χ0) is 19.7. The number of rotatable bonds is 4. The van der Waals surface area contributed by atoms with Crippen molar-refractivity contribution in [3.8, 4) is 11.5 Å². The van der Waals surface area contributed by atoms with Crippen molar-refractivity contribution in [3.63, 3.8) is 0 Å². The molecule has 28 heavy (non-hydrogen) atoms. The molecule has 1 aromatic heterocycles. The molecule has 0 bridgehead atoms. The normalized spacial score (nSPS) is 15.8. The summed E-state index contributed by atoms with van der Waals surface area (Å²) in [6.45, 7) is 0.591.